The van der Waals surface area contributed by atoms with Crippen LogP contribution in [0.2, 0.25) is 0 Å². The van der Waals surface area contributed by atoms with Gasteiger partial charge >= 0.3 is 34.6 Å². The molecule has 0 radical (unpaired) electrons. The molecular formula is C35H45N7O12S. The molecule has 0 spiro atoms. The molecule has 0 aromatic heterocycles. The summed E-state index contributed by atoms with van der Waals surface area (Å²) in [7, 11) is -4.62. The summed E-state index contributed by atoms with van der Waals surface area (Å²) >= 11 is 0. The van der Waals surface area contributed by atoms with Gasteiger partial charge in [0.05, 0.1) is 18.1 Å². The third kappa shape index (κ3) is 10.4. The summed E-state index contributed by atoms with van der Waals surface area (Å²) < 4.78 is 33.8. The summed E-state index contributed by atoms with van der Waals surface area (Å²) in [6, 6.07) is 18.5. The summed E-state index contributed by atoms with van der Waals surface area (Å²) in [5.41, 5.74) is 7.43. The zero-order valence-electron chi connectivity index (χ0n) is 30.3. The Kier molecular flexibility index (Phi) is 13.8. The lowest BCUT2D eigenvalue weighted by Gasteiger charge is -2.27. The van der Waals surface area contributed by atoms with Crippen LogP contribution in [-0.4, -0.2) is 129 Å². The van der Waals surface area contributed by atoms with Gasteiger partial charge in [-0.3, -0.25) is 19.0 Å². The van der Waals surface area contributed by atoms with Crippen molar-refractivity contribution < 1.29 is 55.7 Å². The Hall–Kier alpha value is -5.11. The highest BCUT2D eigenvalue weighted by Crippen LogP contribution is 2.31. The van der Waals surface area contributed by atoms with Crippen molar-refractivity contribution in [2.24, 2.45) is 5.73 Å². The van der Waals surface area contributed by atoms with E-state index in [9.17, 15) is 27.6 Å². The fraction of sp³-hybridized carbons (Fsp3) is 0.514. The average molecular weight is 788 g/mol. The Balaban J connectivity index is 0.000000154. The summed E-state index contributed by atoms with van der Waals surface area (Å²) in [6.07, 6.45) is 5.22. The van der Waals surface area contributed by atoms with Gasteiger partial charge in [-0.15, -0.1) is 4.28 Å². The zero-order chi connectivity index (χ0) is 39.7. The van der Waals surface area contributed by atoms with Gasteiger partial charge in [0, 0.05) is 32.2 Å². The van der Waals surface area contributed by atoms with E-state index in [1.54, 1.807) is 9.96 Å². The number of nitrogens with two attached hydrogens (primary N) is 1. The van der Waals surface area contributed by atoms with Gasteiger partial charge < -0.3 is 20.4 Å². The Labute approximate surface area is 318 Å². The van der Waals surface area contributed by atoms with Crippen LogP contribution in [-0.2, 0) is 52.0 Å². The van der Waals surface area contributed by atoms with Crippen LogP contribution < -0.4 is 5.73 Å². The first kappa shape index (κ1) is 41.1. The van der Waals surface area contributed by atoms with E-state index in [1.807, 2.05) is 72.5 Å². The van der Waals surface area contributed by atoms with Crippen LogP contribution in [0.1, 0.15) is 56.6 Å². The minimum absolute atomic E-state index is 0.0156. The normalized spacial score (nSPS) is 25.0. The lowest BCUT2D eigenvalue weighted by molar-refractivity contribution is -0.191. The van der Waals surface area contributed by atoms with Crippen molar-refractivity contribution in [3.8, 4) is 0 Å². The highest BCUT2D eigenvalue weighted by Gasteiger charge is 2.48. The molecule has 8 rings (SSSR count). The van der Waals surface area contributed by atoms with Crippen molar-refractivity contribution >= 4 is 40.6 Å². The Bertz CT molecular complexity index is 1800. The molecule has 2 aromatic rings. The van der Waals surface area contributed by atoms with Gasteiger partial charge in [0.15, 0.2) is 0 Å². The molecule has 0 saturated carbocycles. The molecule has 0 aliphatic carbocycles. The molecule has 298 valence electrons. The number of fused-ring (bicyclic) bond motifs is 6. The summed E-state index contributed by atoms with van der Waals surface area (Å²) in [5.74, 6) is -0.443. The number of carbonyl (C=O) groups is 4. The number of hydrogen-bond donors (Lipinski definition) is 2. The van der Waals surface area contributed by atoms with Crippen LogP contribution in [0.25, 0.3) is 0 Å². The number of hydroxylamine groups is 6. The number of primary amides is 1. The van der Waals surface area contributed by atoms with Crippen molar-refractivity contribution in [2.75, 3.05) is 26.2 Å². The third-order valence-corrected chi connectivity index (χ3v) is 10.4. The van der Waals surface area contributed by atoms with E-state index in [4.69, 9.17) is 29.6 Å². The molecule has 5 atom stereocenters. The van der Waals surface area contributed by atoms with Gasteiger partial charge in [-0.1, -0.05) is 60.7 Å². The fourth-order valence-electron chi connectivity index (χ4n) is 7.33. The number of carbonyl (C=O) groups excluding carboxylic acids is 6. The first-order valence-corrected chi connectivity index (χ1v) is 19.2. The van der Waals surface area contributed by atoms with Gasteiger partial charge in [0.2, 0.25) is 5.91 Å². The molecule has 6 aliphatic rings. The number of rotatable bonds is 9. The maximum atomic E-state index is 12.2. The van der Waals surface area contributed by atoms with E-state index < -0.39 is 28.4 Å². The molecule has 7 amide bonds. The van der Waals surface area contributed by atoms with Crippen molar-refractivity contribution in [1.82, 2.24) is 29.9 Å². The monoisotopic (exact) mass is 787 g/mol. The predicted octanol–water partition coefficient (Wildman–Crippen LogP) is 2.32. The van der Waals surface area contributed by atoms with Crippen molar-refractivity contribution in [3.63, 3.8) is 0 Å². The molecule has 6 saturated heterocycles. The predicted molar refractivity (Wildman–Crippen MR) is 188 cm³/mol. The topological polar surface area (TPSA) is 230 Å². The molecule has 0 unspecified atom stereocenters. The van der Waals surface area contributed by atoms with E-state index in [2.05, 4.69) is 4.28 Å². The maximum Gasteiger partial charge on any atom is 0.418 e. The highest BCUT2D eigenvalue weighted by atomic mass is 32.3. The molecule has 6 bridgehead atoms. The van der Waals surface area contributed by atoms with E-state index in [-0.39, 0.29) is 42.4 Å². The van der Waals surface area contributed by atoms with E-state index in [1.165, 1.54) is 9.96 Å². The number of nitrogens with zero attached hydrogens (tertiary/aromatic N) is 6. The Morgan fingerprint density at radius 3 is 1.76 bits per heavy atom. The van der Waals surface area contributed by atoms with E-state index in [0.29, 0.717) is 39.1 Å². The fourth-order valence-corrected chi connectivity index (χ4v) is 7.72. The van der Waals surface area contributed by atoms with Gasteiger partial charge in [-0.25, -0.2) is 14.4 Å². The molecular weight excluding hydrogens is 742 g/mol. The van der Waals surface area contributed by atoms with E-state index >= 15 is 0 Å². The molecule has 6 fully saturated rings. The van der Waals surface area contributed by atoms with Crippen LogP contribution in [0.5, 0.6) is 0 Å². The zero-order valence-corrected chi connectivity index (χ0v) is 31.1. The largest absolute Gasteiger partial charge is 0.418 e. The standard InChI is InChI=1S/C14H17N3O3.C13H16N2O2.C7H12N2O5S.CO2/c15-13(18)12-7-6-11-8-16(12)14(19)17(11)20-9-10-4-2-1-3-5-10;16-13-14-8-4-7-12(9-14)15(13)17-10-11-5-2-1-3-6-11;1-5-2-3-6-4-8(5)7(10)9(6)14-15(11,12)13;2-1-3/h1-5,11-12H,6-9H2,(H2,15,18);1-3,5-6,12H,4,7-10H2;5-6H,2-4H2,1H3,(H,11,12,13);/t11-,12+;12-;5-,6-;/m111./s1. The smallest absolute Gasteiger partial charge is 0.368 e. The van der Waals surface area contributed by atoms with Gasteiger partial charge in [-0.05, 0) is 56.6 Å². The molecule has 20 heteroatoms. The van der Waals surface area contributed by atoms with Crippen LogP contribution in [0.3, 0.4) is 0 Å². The summed E-state index contributed by atoms with van der Waals surface area (Å²) in [4.78, 5) is 79.6. The lowest BCUT2D eigenvalue weighted by Crippen LogP contribution is -2.47. The number of urea groups is 3. The molecule has 55 heavy (non-hydrogen) atoms. The van der Waals surface area contributed by atoms with Crippen molar-refractivity contribution in [3.05, 3.63) is 71.8 Å². The van der Waals surface area contributed by atoms with Crippen LogP contribution in [0.15, 0.2) is 60.7 Å². The molecule has 6 aliphatic heterocycles. The second-order valence-corrected chi connectivity index (χ2v) is 14.7. The minimum Gasteiger partial charge on any atom is -0.368 e. The molecule has 2 aromatic carbocycles. The second kappa shape index (κ2) is 18.5. The van der Waals surface area contributed by atoms with Crippen molar-refractivity contribution in [1.29, 1.82) is 0 Å². The van der Waals surface area contributed by atoms with Gasteiger partial charge in [0.25, 0.3) is 0 Å². The number of benzene rings is 2. The average Bonchev–Trinajstić information content (AvgIpc) is 3.65. The van der Waals surface area contributed by atoms with Crippen LogP contribution in [0.4, 0.5) is 14.4 Å². The van der Waals surface area contributed by atoms with Crippen molar-refractivity contribution in [2.45, 2.75) is 88.9 Å². The number of hydrogen-bond acceptors (Lipinski definition) is 11. The first-order chi connectivity index (χ1) is 26.3. The summed E-state index contributed by atoms with van der Waals surface area (Å²) in [6.45, 7) is 5.38. The third-order valence-electron chi connectivity index (χ3n) is 10.1. The lowest BCUT2D eigenvalue weighted by atomic mass is 10.0. The molecule has 19 nitrogen and oxygen atoms in total. The number of amides is 7. The van der Waals surface area contributed by atoms with Crippen LogP contribution >= 0.6 is 0 Å². The quantitative estimate of drug-likeness (QED) is 0.349. The molecule has 3 N–H and O–H groups in total. The number of piperidine rings is 3. The molecule has 6 heterocycles. The van der Waals surface area contributed by atoms with Gasteiger partial charge in [-0.2, -0.15) is 33.2 Å². The Morgan fingerprint density at radius 2 is 1.24 bits per heavy atom. The summed E-state index contributed by atoms with van der Waals surface area (Å²) in [5, 5.41) is 3.72. The van der Waals surface area contributed by atoms with Crippen LogP contribution in [0, 0.1) is 0 Å². The minimum atomic E-state index is -4.62. The first-order valence-electron chi connectivity index (χ1n) is 17.9. The van der Waals surface area contributed by atoms with Gasteiger partial charge in [0.1, 0.15) is 19.3 Å². The second-order valence-electron chi connectivity index (χ2n) is 13.7. The van der Waals surface area contributed by atoms with E-state index in [0.717, 1.165) is 55.0 Å². The Morgan fingerprint density at radius 1 is 0.745 bits per heavy atom. The highest BCUT2D eigenvalue weighted by molar-refractivity contribution is 7.80. The SMILES string of the molecule is C[C@@H]1CC[C@@H]2CN1C(=O)N2OS(=O)(=O)O.NC(=O)[C@@H]1CC[C@@H]2CN1C(=O)N2OCc1ccccc1.O=C1N2CCC[C@H](C2)N1OCc1ccccc1.O=C=O. The maximum absolute atomic E-state index is 12.2.